The fourth-order valence-corrected chi connectivity index (χ4v) is 2.06. The van der Waals surface area contributed by atoms with Gasteiger partial charge in [0.15, 0.2) is 0 Å². The predicted octanol–water partition coefficient (Wildman–Crippen LogP) is 2.41. The van der Waals surface area contributed by atoms with Crippen LogP contribution in [0.3, 0.4) is 0 Å². The van der Waals surface area contributed by atoms with E-state index >= 15 is 0 Å². The highest BCUT2D eigenvalue weighted by atomic mass is 16.5. The number of amides is 1. The molecule has 2 rings (SSSR count). The lowest BCUT2D eigenvalue weighted by molar-refractivity contribution is -0.119. The summed E-state index contributed by atoms with van der Waals surface area (Å²) in [7, 11) is 0. The number of carbonyl (C=O) groups is 1. The van der Waals surface area contributed by atoms with E-state index in [-0.39, 0.29) is 17.9 Å². The number of carbonyl (C=O) groups excluding carboxylic acids is 1. The van der Waals surface area contributed by atoms with Gasteiger partial charge in [0.05, 0.1) is 12.0 Å². The number of nitrogens with one attached hydrogen (secondary N) is 2. The first-order valence-electron chi connectivity index (χ1n) is 6.97. The molecule has 0 radical (unpaired) electrons. The number of anilines is 1. The van der Waals surface area contributed by atoms with Gasteiger partial charge in [-0.05, 0) is 50.6 Å². The van der Waals surface area contributed by atoms with Crippen molar-refractivity contribution in [3.8, 4) is 5.75 Å². The van der Waals surface area contributed by atoms with Gasteiger partial charge < -0.3 is 15.4 Å². The molecular weight excluding hydrogens is 240 g/mol. The van der Waals surface area contributed by atoms with Gasteiger partial charge in [-0.25, -0.2) is 0 Å². The van der Waals surface area contributed by atoms with Crippen LogP contribution in [0.5, 0.6) is 5.75 Å². The number of hydrogen-bond donors (Lipinski definition) is 2. The van der Waals surface area contributed by atoms with E-state index in [0.29, 0.717) is 0 Å². The predicted molar refractivity (Wildman–Crippen MR) is 76.4 cm³/mol. The van der Waals surface area contributed by atoms with Crippen LogP contribution in [-0.4, -0.2) is 25.1 Å². The highest BCUT2D eigenvalue weighted by molar-refractivity contribution is 5.92. The van der Waals surface area contributed by atoms with Crippen LogP contribution in [0.2, 0.25) is 0 Å². The number of hydrogen-bond acceptors (Lipinski definition) is 3. The Labute approximate surface area is 114 Å². The summed E-state index contributed by atoms with van der Waals surface area (Å²) in [6, 6.07) is 7.57. The fourth-order valence-electron chi connectivity index (χ4n) is 2.06. The molecule has 0 aliphatic carbocycles. The minimum atomic E-state index is 0.0936. The molecule has 1 aliphatic rings. The zero-order valence-corrected chi connectivity index (χ0v) is 11.6. The topological polar surface area (TPSA) is 50.4 Å². The van der Waals surface area contributed by atoms with Crippen LogP contribution in [0, 0.1) is 5.92 Å². The van der Waals surface area contributed by atoms with Gasteiger partial charge in [0, 0.05) is 12.2 Å². The normalized spacial score (nSPS) is 20.0. The number of rotatable bonds is 5. The van der Waals surface area contributed by atoms with Crippen molar-refractivity contribution < 1.29 is 9.53 Å². The summed E-state index contributed by atoms with van der Waals surface area (Å²) in [5, 5.41) is 6.14. The smallest absolute Gasteiger partial charge is 0.228 e. The zero-order chi connectivity index (χ0) is 13.7. The average molecular weight is 262 g/mol. The molecule has 1 aromatic rings. The molecular formula is C15H22N2O2. The molecule has 1 fully saturated rings. The molecule has 2 unspecified atom stereocenters. The highest BCUT2D eigenvalue weighted by Crippen LogP contribution is 2.19. The van der Waals surface area contributed by atoms with Crippen LogP contribution < -0.4 is 15.4 Å². The molecule has 4 nitrogen and oxygen atoms in total. The quantitative estimate of drug-likeness (QED) is 0.856. The van der Waals surface area contributed by atoms with E-state index in [1.165, 1.54) is 0 Å². The highest BCUT2D eigenvalue weighted by Gasteiger charge is 2.22. The SMILES string of the molecule is CCC(C)Oc1ccc(NC(=O)C2CCNC2)cc1. The third kappa shape index (κ3) is 3.96. The molecule has 1 aromatic carbocycles. The summed E-state index contributed by atoms with van der Waals surface area (Å²) in [6.07, 6.45) is 2.11. The number of benzene rings is 1. The molecule has 104 valence electrons. The first-order chi connectivity index (χ1) is 9.19. The van der Waals surface area contributed by atoms with Gasteiger partial charge in [-0.1, -0.05) is 6.92 Å². The van der Waals surface area contributed by atoms with Gasteiger partial charge in [-0.2, -0.15) is 0 Å². The van der Waals surface area contributed by atoms with Crippen LogP contribution >= 0.6 is 0 Å². The Morgan fingerprint density at radius 3 is 2.79 bits per heavy atom. The Morgan fingerprint density at radius 2 is 2.21 bits per heavy atom. The maximum Gasteiger partial charge on any atom is 0.228 e. The van der Waals surface area contributed by atoms with E-state index < -0.39 is 0 Å². The molecule has 0 spiro atoms. The maximum absolute atomic E-state index is 11.9. The summed E-state index contributed by atoms with van der Waals surface area (Å²) >= 11 is 0. The first kappa shape index (κ1) is 13.9. The molecule has 0 saturated carbocycles. The number of ether oxygens (including phenoxy) is 1. The molecule has 0 aromatic heterocycles. The van der Waals surface area contributed by atoms with Gasteiger partial charge in [0.1, 0.15) is 5.75 Å². The second-order valence-electron chi connectivity index (χ2n) is 5.04. The molecule has 19 heavy (non-hydrogen) atoms. The maximum atomic E-state index is 11.9. The third-order valence-corrected chi connectivity index (χ3v) is 3.47. The van der Waals surface area contributed by atoms with E-state index in [1.807, 2.05) is 31.2 Å². The van der Waals surface area contributed by atoms with Gasteiger partial charge in [0.25, 0.3) is 0 Å². The summed E-state index contributed by atoms with van der Waals surface area (Å²) in [5.41, 5.74) is 0.827. The van der Waals surface area contributed by atoms with E-state index in [0.717, 1.165) is 37.4 Å². The van der Waals surface area contributed by atoms with Gasteiger partial charge in [0.2, 0.25) is 5.91 Å². The molecule has 2 N–H and O–H groups in total. The minimum Gasteiger partial charge on any atom is -0.491 e. The Morgan fingerprint density at radius 1 is 1.47 bits per heavy atom. The summed E-state index contributed by atoms with van der Waals surface area (Å²) < 4.78 is 5.70. The van der Waals surface area contributed by atoms with Crippen LogP contribution in [0.25, 0.3) is 0 Å². The third-order valence-electron chi connectivity index (χ3n) is 3.47. The van der Waals surface area contributed by atoms with Crippen molar-refractivity contribution in [3.05, 3.63) is 24.3 Å². The largest absolute Gasteiger partial charge is 0.491 e. The van der Waals surface area contributed by atoms with Crippen molar-refractivity contribution in [2.45, 2.75) is 32.8 Å². The lowest BCUT2D eigenvalue weighted by Crippen LogP contribution is -2.24. The Balaban J connectivity index is 1.89. The Hall–Kier alpha value is -1.55. The molecule has 0 bridgehead atoms. The minimum absolute atomic E-state index is 0.0936. The van der Waals surface area contributed by atoms with Crippen molar-refractivity contribution in [2.75, 3.05) is 18.4 Å². The van der Waals surface area contributed by atoms with Crippen molar-refractivity contribution in [1.82, 2.24) is 5.32 Å². The first-order valence-corrected chi connectivity index (χ1v) is 6.97. The standard InChI is InChI=1S/C15H22N2O2/c1-3-11(2)19-14-6-4-13(5-7-14)17-15(18)12-8-9-16-10-12/h4-7,11-12,16H,3,8-10H2,1-2H3,(H,17,18). The van der Waals surface area contributed by atoms with E-state index in [4.69, 9.17) is 4.74 Å². The molecule has 4 heteroatoms. The second-order valence-corrected chi connectivity index (χ2v) is 5.04. The van der Waals surface area contributed by atoms with Crippen molar-refractivity contribution in [3.63, 3.8) is 0 Å². The summed E-state index contributed by atoms with van der Waals surface area (Å²) in [4.78, 5) is 11.9. The molecule has 1 amide bonds. The van der Waals surface area contributed by atoms with Crippen LogP contribution in [0.4, 0.5) is 5.69 Å². The average Bonchev–Trinajstić information content (AvgIpc) is 2.95. The van der Waals surface area contributed by atoms with Gasteiger partial charge in [-0.15, -0.1) is 0 Å². The van der Waals surface area contributed by atoms with E-state index in [1.54, 1.807) is 0 Å². The molecule has 1 saturated heterocycles. The van der Waals surface area contributed by atoms with Gasteiger partial charge >= 0.3 is 0 Å². The second kappa shape index (κ2) is 6.57. The van der Waals surface area contributed by atoms with E-state index in [2.05, 4.69) is 17.6 Å². The lowest BCUT2D eigenvalue weighted by atomic mass is 10.1. The van der Waals surface area contributed by atoms with Crippen LogP contribution in [0.15, 0.2) is 24.3 Å². The van der Waals surface area contributed by atoms with Crippen LogP contribution in [-0.2, 0) is 4.79 Å². The molecule has 1 heterocycles. The summed E-state index contributed by atoms with van der Waals surface area (Å²) in [5.74, 6) is 1.03. The monoisotopic (exact) mass is 262 g/mol. The van der Waals surface area contributed by atoms with Crippen LogP contribution in [0.1, 0.15) is 26.7 Å². The lowest BCUT2D eigenvalue weighted by Gasteiger charge is -2.13. The fraction of sp³-hybridized carbons (Fsp3) is 0.533. The van der Waals surface area contributed by atoms with Crippen molar-refractivity contribution in [2.24, 2.45) is 5.92 Å². The van der Waals surface area contributed by atoms with Gasteiger partial charge in [-0.3, -0.25) is 4.79 Å². The van der Waals surface area contributed by atoms with Crippen molar-refractivity contribution >= 4 is 11.6 Å². The van der Waals surface area contributed by atoms with Crippen molar-refractivity contribution in [1.29, 1.82) is 0 Å². The molecule has 1 aliphatic heterocycles. The molecule has 2 atom stereocenters. The zero-order valence-electron chi connectivity index (χ0n) is 11.6. The van der Waals surface area contributed by atoms with E-state index in [9.17, 15) is 4.79 Å². The Bertz CT molecular complexity index is 411. The Kier molecular flexibility index (Phi) is 4.80. The summed E-state index contributed by atoms with van der Waals surface area (Å²) in [6.45, 7) is 5.85.